The van der Waals surface area contributed by atoms with Gasteiger partial charge < -0.3 is 0 Å². The molecule has 0 atom stereocenters. The first kappa shape index (κ1) is 39.1. The lowest BCUT2D eigenvalue weighted by molar-refractivity contribution is 1.47. The van der Waals surface area contributed by atoms with Crippen LogP contribution in [0.3, 0.4) is 0 Å². The Balaban J connectivity index is 0.000000143. The monoisotopic (exact) mass is 816 g/mol. The van der Waals surface area contributed by atoms with E-state index in [0.29, 0.717) is 0 Å². The summed E-state index contributed by atoms with van der Waals surface area (Å²) in [6.45, 7) is 8.62. The van der Waals surface area contributed by atoms with E-state index >= 15 is 0 Å². The molecule has 0 nitrogen and oxygen atoms in total. The largest absolute Gasteiger partial charge is 0.0616 e. The Morgan fingerprint density at radius 2 is 0.359 bits per heavy atom. The van der Waals surface area contributed by atoms with Gasteiger partial charge in [-0.2, -0.15) is 0 Å². The van der Waals surface area contributed by atoms with E-state index < -0.39 is 0 Å². The minimum atomic E-state index is 1.26. The fourth-order valence-electron chi connectivity index (χ4n) is 9.93. The third-order valence-electron chi connectivity index (χ3n) is 13.1. The molecule has 12 aromatic carbocycles. The molecule has 0 aromatic heterocycles. The van der Waals surface area contributed by atoms with Gasteiger partial charge in [-0.1, -0.05) is 216 Å². The van der Waals surface area contributed by atoms with Crippen LogP contribution < -0.4 is 0 Å². The molecule has 0 radical (unpaired) electrons. The number of hydrogen-bond donors (Lipinski definition) is 0. The van der Waals surface area contributed by atoms with Gasteiger partial charge in [0.15, 0.2) is 0 Å². The molecule has 0 saturated heterocycles. The van der Waals surface area contributed by atoms with Crippen molar-refractivity contribution in [2.45, 2.75) is 27.7 Å². The van der Waals surface area contributed by atoms with Gasteiger partial charge in [-0.05, 0) is 161 Å². The van der Waals surface area contributed by atoms with E-state index in [0.717, 1.165) is 0 Å². The molecular weight excluding hydrogens is 769 g/mol. The minimum absolute atomic E-state index is 1.26. The Morgan fingerprint density at radius 1 is 0.156 bits per heavy atom. The molecule has 0 aliphatic carbocycles. The van der Waals surface area contributed by atoms with Gasteiger partial charge in [0.05, 0.1) is 0 Å². The zero-order valence-electron chi connectivity index (χ0n) is 36.8. The first-order valence-corrected chi connectivity index (χ1v) is 22.4. The number of hydrogen-bond acceptors (Lipinski definition) is 0. The topological polar surface area (TPSA) is 0 Å². The Bertz CT molecular complexity index is 3270. The fraction of sp³-hybridized carbons (Fsp3) is 0.0625. The Morgan fingerprint density at radius 3 is 0.578 bits per heavy atom. The van der Waals surface area contributed by atoms with Crippen LogP contribution >= 0.6 is 0 Å². The average molecular weight is 817 g/mol. The van der Waals surface area contributed by atoms with Crippen molar-refractivity contribution in [3.05, 3.63) is 241 Å². The van der Waals surface area contributed by atoms with E-state index in [9.17, 15) is 0 Å². The smallest absolute Gasteiger partial charge is 0.00926 e. The van der Waals surface area contributed by atoms with Gasteiger partial charge in [0.2, 0.25) is 0 Å². The SMILES string of the molecule is Cc1cccc(-c2ccc3c4ccccc4c4ccc(-c5cccc(C)c5)cc4c3c2)c1.Cc1cccc(-c2ccc3c4ccccc4c4ccc(-c5cccc(C)c5)cc4c3c2)c1. The van der Waals surface area contributed by atoms with Crippen LogP contribution in [0, 0.1) is 27.7 Å². The summed E-state index contributed by atoms with van der Waals surface area (Å²) >= 11 is 0. The van der Waals surface area contributed by atoms with Crippen LogP contribution in [0.15, 0.2) is 218 Å². The number of rotatable bonds is 4. The highest BCUT2D eigenvalue weighted by Crippen LogP contribution is 2.41. The van der Waals surface area contributed by atoms with E-state index in [1.807, 2.05) is 0 Å². The Labute approximate surface area is 375 Å². The third kappa shape index (κ3) is 7.18. The molecule has 12 rings (SSSR count). The summed E-state index contributed by atoms with van der Waals surface area (Å²) < 4.78 is 0. The molecule has 0 aliphatic rings. The van der Waals surface area contributed by atoms with Crippen molar-refractivity contribution in [3.8, 4) is 44.5 Å². The molecule has 0 heteroatoms. The highest BCUT2D eigenvalue weighted by molar-refractivity contribution is 6.27. The quantitative estimate of drug-likeness (QED) is 0.155. The summed E-state index contributed by atoms with van der Waals surface area (Å²) in [7, 11) is 0. The third-order valence-corrected chi connectivity index (χ3v) is 13.1. The molecule has 0 bridgehead atoms. The maximum atomic E-state index is 2.37. The number of fused-ring (bicyclic) bond motifs is 12. The predicted octanol–water partition coefficient (Wildman–Crippen LogP) is 18.2. The Hall–Kier alpha value is -7.80. The van der Waals surface area contributed by atoms with Crippen molar-refractivity contribution in [1.82, 2.24) is 0 Å². The summed E-state index contributed by atoms with van der Waals surface area (Å²) in [5, 5.41) is 15.7. The van der Waals surface area contributed by atoms with Crippen LogP contribution in [-0.2, 0) is 0 Å². The minimum Gasteiger partial charge on any atom is -0.0616 e. The second-order valence-electron chi connectivity index (χ2n) is 17.6. The fourth-order valence-corrected chi connectivity index (χ4v) is 9.93. The first-order chi connectivity index (χ1) is 31.3. The zero-order valence-corrected chi connectivity index (χ0v) is 36.8. The average Bonchev–Trinajstić information content (AvgIpc) is 3.34. The van der Waals surface area contributed by atoms with Crippen LogP contribution in [0.4, 0.5) is 0 Å². The molecule has 0 unspecified atom stereocenters. The van der Waals surface area contributed by atoms with Crippen LogP contribution in [0.5, 0.6) is 0 Å². The van der Waals surface area contributed by atoms with E-state index in [1.54, 1.807) is 0 Å². The van der Waals surface area contributed by atoms with Crippen molar-refractivity contribution >= 4 is 64.6 Å². The van der Waals surface area contributed by atoms with Crippen molar-refractivity contribution in [3.63, 3.8) is 0 Å². The van der Waals surface area contributed by atoms with Crippen molar-refractivity contribution in [1.29, 1.82) is 0 Å². The van der Waals surface area contributed by atoms with Crippen molar-refractivity contribution in [2.24, 2.45) is 0 Å². The second-order valence-corrected chi connectivity index (χ2v) is 17.6. The van der Waals surface area contributed by atoms with Gasteiger partial charge in [-0.15, -0.1) is 0 Å². The molecule has 0 spiro atoms. The summed E-state index contributed by atoms with van der Waals surface area (Å²) in [4.78, 5) is 0. The summed E-state index contributed by atoms with van der Waals surface area (Å²) in [6, 6.07) is 80.4. The standard InChI is InChI=1S/2C32H24/c2*1-21-7-5-9-23(17-21)25-13-15-29-27-11-3-4-12-28(27)30-16-14-26(20-32(30)31(29)19-25)24-10-6-8-22(2)18-24/h2*3-20H,1-2H3. The van der Waals surface area contributed by atoms with Crippen LogP contribution in [-0.4, -0.2) is 0 Å². The van der Waals surface area contributed by atoms with Crippen molar-refractivity contribution < 1.29 is 0 Å². The van der Waals surface area contributed by atoms with Gasteiger partial charge in [0, 0.05) is 0 Å². The van der Waals surface area contributed by atoms with Gasteiger partial charge in [-0.25, -0.2) is 0 Å². The molecule has 304 valence electrons. The normalized spacial score (nSPS) is 11.4. The van der Waals surface area contributed by atoms with Gasteiger partial charge in [0.1, 0.15) is 0 Å². The highest BCUT2D eigenvalue weighted by atomic mass is 14.2. The molecule has 64 heavy (non-hydrogen) atoms. The van der Waals surface area contributed by atoms with Crippen LogP contribution in [0.2, 0.25) is 0 Å². The van der Waals surface area contributed by atoms with E-state index in [4.69, 9.17) is 0 Å². The second kappa shape index (κ2) is 16.2. The van der Waals surface area contributed by atoms with Gasteiger partial charge >= 0.3 is 0 Å². The van der Waals surface area contributed by atoms with E-state index in [2.05, 4.69) is 246 Å². The Kier molecular flexibility index (Phi) is 9.86. The van der Waals surface area contributed by atoms with Crippen molar-refractivity contribution in [2.75, 3.05) is 0 Å². The molecule has 0 saturated carbocycles. The summed E-state index contributed by atoms with van der Waals surface area (Å²) in [5.41, 5.74) is 15.3. The molecule has 0 fully saturated rings. The maximum absolute atomic E-state index is 2.37. The van der Waals surface area contributed by atoms with E-state index in [-0.39, 0.29) is 0 Å². The van der Waals surface area contributed by atoms with Gasteiger partial charge in [-0.3, -0.25) is 0 Å². The lowest BCUT2D eigenvalue weighted by atomic mass is 9.90. The van der Waals surface area contributed by atoms with Crippen LogP contribution in [0.1, 0.15) is 22.3 Å². The first-order valence-electron chi connectivity index (χ1n) is 22.4. The summed E-state index contributed by atoms with van der Waals surface area (Å²) in [6.07, 6.45) is 0. The molecule has 12 aromatic rings. The molecule has 0 heterocycles. The lowest BCUT2D eigenvalue weighted by Gasteiger charge is -2.14. The van der Waals surface area contributed by atoms with Gasteiger partial charge in [0.25, 0.3) is 0 Å². The van der Waals surface area contributed by atoms with E-state index in [1.165, 1.54) is 131 Å². The number of benzene rings is 12. The predicted molar refractivity (Wildman–Crippen MR) is 279 cm³/mol. The molecule has 0 N–H and O–H groups in total. The lowest BCUT2D eigenvalue weighted by Crippen LogP contribution is -1.87. The summed E-state index contributed by atoms with van der Waals surface area (Å²) in [5.74, 6) is 0. The zero-order chi connectivity index (χ0) is 43.3. The molecule has 0 aliphatic heterocycles. The highest BCUT2D eigenvalue weighted by Gasteiger charge is 2.14. The maximum Gasteiger partial charge on any atom is -0.00926 e. The number of aryl methyl sites for hydroxylation is 4. The van der Waals surface area contributed by atoms with Crippen LogP contribution in [0.25, 0.3) is 109 Å². The molecular formula is C64H48. The molecule has 0 amide bonds.